The summed E-state index contributed by atoms with van der Waals surface area (Å²) in [6.07, 6.45) is 2.28. The molecule has 2 amide bonds. The summed E-state index contributed by atoms with van der Waals surface area (Å²) >= 11 is 0. The Labute approximate surface area is 116 Å². The van der Waals surface area contributed by atoms with Crippen molar-refractivity contribution in [2.24, 2.45) is 5.92 Å². The standard InChI is InChI=1S/C14H28N4O/c1-11(2)13(18-8-6-17(3)7-9-18)10-15-14(19)16-12-4-5-12/h11-13H,4-10H2,1-3H3,(H2,15,16,19). The van der Waals surface area contributed by atoms with E-state index in [1.54, 1.807) is 0 Å². The number of hydrogen-bond donors (Lipinski definition) is 2. The third-order valence-electron chi connectivity index (χ3n) is 4.16. The first-order chi connectivity index (χ1) is 9.06. The van der Waals surface area contributed by atoms with Crippen molar-refractivity contribution in [3.05, 3.63) is 0 Å². The third-order valence-corrected chi connectivity index (χ3v) is 4.16. The van der Waals surface area contributed by atoms with Gasteiger partial charge in [0.05, 0.1) is 0 Å². The molecule has 0 bridgehead atoms. The summed E-state index contributed by atoms with van der Waals surface area (Å²) in [6, 6.07) is 0.877. The lowest BCUT2D eigenvalue weighted by atomic mass is 10.0. The lowest BCUT2D eigenvalue weighted by molar-refractivity contribution is 0.0887. The number of piperazine rings is 1. The zero-order valence-corrected chi connectivity index (χ0v) is 12.5. The average molecular weight is 268 g/mol. The van der Waals surface area contributed by atoms with Crippen LogP contribution in [0.15, 0.2) is 0 Å². The van der Waals surface area contributed by atoms with Crippen LogP contribution in [-0.2, 0) is 0 Å². The van der Waals surface area contributed by atoms with E-state index in [-0.39, 0.29) is 6.03 Å². The van der Waals surface area contributed by atoms with E-state index < -0.39 is 0 Å². The highest BCUT2D eigenvalue weighted by atomic mass is 16.2. The van der Waals surface area contributed by atoms with Crippen LogP contribution in [0.3, 0.4) is 0 Å². The topological polar surface area (TPSA) is 47.6 Å². The molecule has 0 spiro atoms. The fourth-order valence-corrected chi connectivity index (χ4v) is 2.60. The van der Waals surface area contributed by atoms with Crippen molar-refractivity contribution in [1.82, 2.24) is 20.4 Å². The van der Waals surface area contributed by atoms with Crippen molar-refractivity contribution in [2.75, 3.05) is 39.8 Å². The van der Waals surface area contributed by atoms with Crippen molar-refractivity contribution >= 4 is 6.03 Å². The van der Waals surface area contributed by atoms with Gasteiger partial charge in [0.15, 0.2) is 0 Å². The van der Waals surface area contributed by atoms with E-state index in [2.05, 4.69) is 41.3 Å². The molecule has 1 aliphatic heterocycles. The molecule has 1 saturated heterocycles. The van der Waals surface area contributed by atoms with Gasteiger partial charge in [0.2, 0.25) is 0 Å². The largest absolute Gasteiger partial charge is 0.337 e. The predicted octanol–water partition coefficient (Wildman–Crippen LogP) is 0.720. The first-order valence-corrected chi connectivity index (χ1v) is 7.53. The molecule has 2 rings (SSSR count). The van der Waals surface area contributed by atoms with Gasteiger partial charge in [-0.15, -0.1) is 0 Å². The van der Waals surface area contributed by atoms with Gasteiger partial charge < -0.3 is 15.5 Å². The fraction of sp³-hybridized carbons (Fsp3) is 0.929. The molecule has 2 N–H and O–H groups in total. The molecule has 0 aromatic rings. The van der Waals surface area contributed by atoms with E-state index in [4.69, 9.17) is 0 Å². The van der Waals surface area contributed by atoms with Gasteiger partial charge in [-0.1, -0.05) is 13.8 Å². The minimum Gasteiger partial charge on any atom is -0.337 e. The molecular formula is C14H28N4O. The Morgan fingerprint density at radius 2 is 1.84 bits per heavy atom. The Hall–Kier alpha value is -0.810. The summed E-state index contributed by atoms with van der Waals surface area (Å²) in [7, 11) is 2.17. The number of amides is 2. The summed E-state index contributed by atoms with van der Waals surface area (Å²) in [5, 5.41) is 6.02. The van der Waals surface area contributed by atoms with Crippen LogP contribution in [0.2, 0.25) is 0 Å². The van der Waals surface area contributed by atoms with E-state index >= 15 is 0 Å². The maximum absolute atomic E-state index is 11.7. The number of nitrogens with one attached hydrogen (secondary N) is 2. The van der Waals surface area contributed by atoms with Crippen molar-refractivity contribution in [3.63, 3.8) is 0 Å². The number of carbonyl (C=O) groups is 1. The monoisotopic (exact) mass is 268 g/mol. The Bertz CT molecular complexity index is 296. The molecule has 5 heteroatoms. The van der Waals surface area contributed by atoms with Gasteiger partial charge in [0.25, 0.3) is 0 Å². The van der Waals surface area contributed by atoms with Gasteiger partial charge in [-0.25, -0.2) is 4.79 Å². The second-order valence-corrected chi connectivity index (χ2v) is 6.28. The minimum atomic E-state index is 0.00211. The van der Waals surface area contributed by atoms with Crippen LogP contribution in [0, 0.1) is 5.92 Å². The molecule has 1 atom stereocenters. The van der Waals surface area contributed by atoms with Gasteiger partial charge in [0, 0.05) is 44.8 Å². The van der Waals surface area contributed by atoms with Gasteiger partial charge >= 0.3 is 6.03 Å². The molecule has 5 nitrogen and oxygen atoms in total. The highest BCUT2D eigenvalue weighted by Gasteiger charge is 2.27. The lowest BCUT2D eigenvalue weighted by Gasteiger charge is -2.39. The van der Waals surface area contributed by atoms with Gasteiger partial charge in [-0.05, 0) is 25.8 Å². The summed E-state index contributed by atoms with van der Waals surface area (Å²) in [6.45, 7) is 9.68. The van der Waals surface area contributed by atoms with Crippen LogP contribution < -0.4 is 10.6 Å². The first kappa shape index (κ1) is 14.6. The number of likely N-dealkylation sites (N-methyl/N-ethyl adjacent to an activating group) is 1. The lowest BCUT2D eigenvalue weighted by Crippen LogP contribution is -2.55. The number of carbonyl (C=O) groups excluding carboxylic acids is 1. The fourth-order valence-electron chi connectivity index (χ4n) is 2.60. The highest BCUT2D eigenvalue weighted by Crippen LogP contribution is 2.18. The number of hydrogen-bond acceptors (Lipinski definition) is 3. The van der Waals surface area contributed by atoms with Crippen LogP contribution in [0.5, 0.6) is 0 Å². The summed E-state index contributed by atoms with van der Waals surface area (Å²) in [5.74, 6) is 0.560. The molecule has 1 aliphatic carbocycles. The average Bonchev–Trinajstić information content (AvgIpc) is 3.15. The summed E-state index contributed by atoms with van der Waals surface area (Å²) in [5.41, 5.74) is 0. The van der Waals surface area contributed by atoms with Gasteiger partial charge in [0.1, 0.15) is 0 Å². The first-order valence-electron chi connectivity index (χ1n) is 7.53. The van der Waals surface area contributed by atoms with Crippen LogP contribution in [0.25, 0.3) is 0 Å². The van der Waals surface area contributed by atoms with E-state index in [0.29, 0.717) is 18.0 Å². The normalized spacial score (nSPS) is 23.4. The third kappa shape index (κ3) is 4.66. The zero-order chi connectivity index (χ0) is 13.8. The van der Waals surface area contributed by atoms with Crippen LogP contribution in [-0.4, -0.2) is 67.7 Å². The van der Waals surface area contributed by atoms with Crippen LogP contribution in [0.4, 0.5) is 4.79 Å². The van der Waals surface area contributed by atoms with Crippen molar-refractivity contribution < 1.29 is 4.79 Å². The van der Waals surface area contributed by atoms with Crippen LogP contribution in [0.1, 0.15) is 26.7 Å². The molecule has 2 fully saturated rings. The van der Waals surface area contributed by atoms with Gasteiger partial charge in [-0.3, -0.25) is 4.90 Å². The van der Waals surface area contributed by atoms with E-state index in [9.17, 15) is 4.79 Å². The maximum Gasteiger partial charge on any atom is 0.315 e. The molecule has 1 heterocycles. The number of urea groups is 1. The number of nitrogens with zero attached hydrogens (tertiary/aromatic N) is 2. The number of rotatable bonds is 5. The Morgan fingerprint density at radius 3 is 2.37 bits per heavy atom. The van der Waals surface area contributed by atoms with Crippen molar-refractivity contribution in [3.8, 4) is 0 Å². The van der Waals surface area contributed by atoms with E-state index in [1.807, 2.05) is 0 Å². The quantitative estimate of drug-likeness (QED) is 0.772. The molecule has 0 radical (unpaired) electrons. The van der Waals surface area contributed by atoms with Crippen LogP contribution >= 0.6 is 0 Å². The van der Waals surface area contributed by atoms with Crippen molar-refractivity contribution in [1.29, 1.82) is 0 Å². The Balaban J connectivity index is 1.76. The highest BCUT2D eigenvalue weighted by molar-refractivity contribution is 5.74. The molecule has 110 valence electrons. The Kier molecular flexibility index (Phi) is 5.05. The predicted molar refractivity (Wildman–Crippen MR) is 77.3 cm³/mol. The Morgan fingerprint density at radius 1 is 1.21 bits per heavy atom. The summed E-state index contributed by atoms with van der Waals surface area (Å²) in [4.78, 5) is 16.6. The second kappa shape index (κ2) is 6.57. The van der Waals surface area contributed by atoms with Crippen molar-refractivity contribution in [2.45, 2.75) is 38.8 Å². The zero-order valence-electron chi connectivity index (χ0n) is 12.5. The molecule has 1 unspecified atom stereocenters. The molecular weight excluding hydrogens is 240 g/mol. The van der Waals surface area contributed by atoms with E-state index in [1.165, 1.54) is 0 Å². The second-order valence-electron chi connectivity index (χ2n) is 6.28. The smallest absolute Gasteiger partial charge is 0.315 e. The molecule has 0 aromatic heterocycles. The molecule has 1 saturated carbocycles. The SMILES string of the molecule is CC(C)C(CNC(=O)NC1CC1)N1CCN(C)CC1. The maximum atomic E-state index is 11.7. The summed E-state index contributed by atoms with van der Waals surface area (Å²) < 4.78 is 0. The molecule has 19 heavy (non-hydrogen) atoms. The molecule has 0 aromatic carbocycles. The van der Waals surface area contributed by atoms with Gasteiger partial charge in [-0.2, -0.15) is 0 Å². The molecule has 2 aliphatic rings. The minimum absolute atomic E-state index is 0.00211. The van der Waals surface area contributed by atoms with E-state index in [0.717, 1.165) is 45.6 Å².